The lowest BCUT2D eigenvalue weighted by Gasteiger charge is -2.39. The number of esters is 1. The molecule has 28 heavy (non-hydrogen) atoms. The topological polar surface area (TPSA) is 73.6 Å². The molecule has 0 unspecified atom stereocenters. The van der Waals surface area contributed by atoms with Gasteiger partial charge in [0, 0.05) is 18.5 Å². The Bertz CT molecular complexity index is 664. The largest absolute Gasteiger partial charge is 0.494 e. The lowest BCUT2D eigenvalue weighted by Crippen LogP contribution is -2.35. The lowest BCUT2D eigenvalue weighted by molar-refractivity contribution is -0.155. The molecule has 2 atom stereocenters. The molecular weight excluding hydrogens is 352 g/mol. The van der Waals surface area contributed by atoms with Crippen LogP contribution < -0.4 is 15.8 Å². The molecule has 0 aliphatic heterocycles. The molecule has 1 saturated carbocycles. The van der Waals surface area contributed by atoms with E-state index in [2.05, 4.69) is 26.1 Å². The second-order valence-corrected chi connectivity index (χ2v) is 10.0. The number of carbonyl (C=O) groups excluding carboxylic acids is 1. The molecule has 1 fully saturated rings. The van der Waals surface area contributed by atoms with Gasteiger partial charge in [0.15, 0.2) is 0 Å². The number of hydrogen-bond donors (Lipinski definition) is 2. The van der Waals surface area contributed by atoms with Crippen molar-refractivity contribution in [2.75, 3.05) is 17.7 Å². The van der Waals surface area contributed by atoms with Gasteiger partial charge in [0.1, 0.15) is 11.4 Å². The number of rotatable bonds is 7. The zero-order valence-corrected chi connectivity index (χ0v) is 18.4. The molecule has 0 heterocycles. The van der Waals surface area contributed by atoms with E-state index in [0.29, 0.717) is 36.6 Å². The van der Waals surface area contributed by atoms with Crippen LogP contribution in [0.15, 0.2) is 18.2 Å². The summed E-state index contributed by atoms with van der Waals surface area (Å²) in [4.78, 5) is 11.7. The Labute approximate surface area is 170 Å². The van der Waals surface area contributed by atoms with Crippen LogP contribution >= 0.6 is 0 Å². The van der Waals surface area contributed by atoms with Crippen LogP contribution in [0.2, 0.25) is 0 Å². The summed E-state index contributed by atoms with van der Waals surface area (Å²) in [6, 6.07) is 6.23. The predicted octanol–water partition coefficient (Wildman–Crippen LogP) is 5.40. The highest BCUT2D eigenvalue weighted by molar-refractivity contribution is 5.70. The molecule has 0 bridgehead atoms. The molecule has 2 rings (SSSR count). The van der Waals surface area contributed by atoms with Gasteiger partial charge in [-0.05, 0) is 69.9 Å². The van der Waals surface area contributed by atoms with E-state index in [4.69, 9.17) is 15.2 Å². The molecule has 0 radical (unpaired) electrons. The highest BCUT2D eigenvalue weighted by atomic mass is 16.6. The standard InChI is InChI=1S/C23H38N2O3/c1-16-12-17(15-23(5,6)14-16)25-20-10-9-18(13-19(20)24)27-11-7-8-21(26)28-22(2,3)4/h9-10,13,16-17,25H,7-8,11-12,14-15,24H2,1-6H3/t16-,17+/m1/s1. The Hall–Kier alpha value is -1.91. The molecule has 1 aromatic carbocycles. The molecule has 5 heteroatoms. The first-order valence-corrected chi connectivity index (χ1v) is 10.4. The number of nitrogens with one attached hydrogen (secondary N) is 1. The first kappa shape index (κ1) is 22.4. The summed E-state index contributed by atoms with van der Waals surface area (Å²) in [6.45, 7) is 13.1. The van der Waals surface area contributed by atoms with Crippen LogP contribution in [-0.2, 0) is 9.53 Å². The van der Waals surface area contributed by atoms with Gasteiger partial charge in [-0.3, -0.25) is 4.79 Å². The van der Waals surface area contributed by atoms with Gasteiger partial charge in [-0.1, -0.05) is 20.8 Å². The molecule has 0 saturated heterocycles. The molecule has 3 N–H and O–H groups in total. The summed E-state index contributed by atoms with van der Waals surface area (Å²) < 4.78 is 11.0. The third kappa shape index (κ3) is 7.61. The van der Waals surface area contributed by atoms with E-state index in [1.165, 1.54) is 12.8 Å². The second kappa shape index (κ2) is 9.06. The van der Waals surface area contributed by atoms with Crippen LogP contribution in [0.3, 0.4) is 0 Å². The van der Waals surface area contributed by atoms with Crippen molar-refractivity contribution in [3.8, 4) is 5.75 Å². The van der Waals surface area contributed by atoms with Gasteiger partial charge in [-0.2, -0.15) is 0 Å². The Morgan fingerprint density at radius 2 is 2.00 bits per heavy atom. The third-order valence-corrected chi connectivity index (χ3v) is 4.98. The van der Waals surface area contributed by atoms with Gasteiger partial charge in [0.05, 0.1) is 18.0 Å². The van der Waals surface area contributed by atoms with Crippen LogP contribution in [0.1, 0.15) is 73.6 Å². The summed E-state index contributed by atoms with van der Waals surface area (Å²) >= 11 is 0. The average Bonchev–Trinajstić information content (AvgIpc) is 2.50. The number of nitrogens with two attached hydrogens (primary N) is 1. The minimum atomic E-state index is -0.444. The molecule has 0 aromatic heterocycles. The highest BCUT2D eigenvalue weighted by Gasteiger charge is 2.32. The van der Waals surface area contributed by atoms with Crippen molar-refractivity contribution in [1.82, 2.24) is 0 Å². The van der Waals surface area contributed by atoms with Crippen molar-refractivity contribution in [3.63, 3.8) is 0 Å². The van der Waals surface area contributed by atoms with E-state index >= 15 is 0 Å². The average molecular weight is 391 g/mol. The van der Waals surface area contributed by atoms with Crippen LogP contribution in [0.25, 0.3) is 0 Å². The van der Waals surface area contributed by atoms with Crippen molar-refractivity contribution < 1.29 is 14.3 Å². The normalized spacial score (nSPS) is 21.8. The quantitative estimate of drug-likeness (QED) is 0.371. The molecule has 5 nitrogen and oxygen atoms in total. The van der Waals surface area contributed by atoms with Gasteiger partial charge in [0.25, 0.3) is 0 Å². The van der Waals surface area contributed by atoms with E-state index < -0.39 is 5.60 Å². The Balaban J connectivity index is 1.81. The SMILES string of the molecule is C[C@@H]1C[C@H](Nc2ccc(OCCCC(=O)OC(C)(C)C)cc2N)CC(C)(C)C1. The van der Waals surface area contributed by atoms with E-state index in [0.717, 1.165) is 23.8 Å². The minimum absolute atomic E-state index is 0.195. The molecule has 1 aliphatic rings. The fraction of sp³-hybridized carbons (Fsp3) is 0.696. The monoisotopic (exact) mass is 390 g/mol. The summed E-state index contributed by atoms with van der Waals surface area (Å²) in [5, 5.41) is 3.62. The molecule has 158 valence electrons. The van der Waals surface area contributed by atoms with Gasteiger partial charge >= 0.3 is 5.97 Å². The maximum atomic E-state index is 11.7. The zero-order chi connectivity index (χ0) is 20.9. The Morgan fingerprint density at radius 3 is 2.61 bits per heavy atom. The zero-order valence-electron chi connectivity index (χ0n) is 18.4. The van der Waals surface area contributed by atoms with Gasteiger partial charge in [-0.25, -0.2) is 0 Å². The fourth-order valence-corrected chi connectivity index (χ4v) is 4.24. The van der Waals surface area contributed by atoms with E-state index in [-0.39, 0.29) is 5.97 Å². The number of benzene rings is 1. The smallest absolute Gasteiger partial charge is 0.306 e. The number of hydrogen-bond acceptors (Lipinski definition) is 5. The molecule has 0 amide bonds. The Morgan fingerprint density at radius 1 is 1.29 bits per heavy atom. The van der Waals surface area contributed by atoms with Crippen molar-refractivity contribution >= 4 is 17.3 Å². The van der Waals surface area contributed by atoms with E-state index in [9.17, 15) is 4.79 Å². The molecule has 0 spiro atoms. The van der Waals surface area contributed by atoms with Gasteiger partial charge in [0.2, 0.25) is 0 Å². The number of ether oxygens (including phenoxy) is 2. The van der Waals surface area contributed by atoms with Crippen molar-refractivity contribution in [2.24, 2.45) is 11.3 Å². The van der Waals surface area contributed by atoms with Crippen molar-refractivity contribution in [2.45, 2.75) is 85.3 Å². The number of carbonyl (C=O) groups is 1. The molecule has 1 aromatic rings. The van der Waals surface area contributed by atoms with Gasteiger partial charge < -0.3 is 20.5 Å². The maximum Gasteiger partial charge on any atom is 0.306 e. The minimum Gasteiger partial charge on any atom is -0.494 e. The van der Waals surface area contributed by atoms with E-state index in [1.54, 1.807) is 0 Å². The maximum absolute atomic E-state index is 11.7. The number of anilines is 2. The summed E-state index contributed by atoms with van der Waals surface area (Å²) in [7, 11) is 0. The lowest BCUT2D eigenvalue weighted by atomic mass is 9.70. The summed E-state index contributed by atoms with van der Waals surface area (Å²) in [5.41, 5.74) is 7.83. The third-order valence-electron chi connectivity index (χ3n) is 4.98. The predicted molar refractivity (Wildman–Crippen MR) is 116 cm³/mol. The van der Waals surface area contributed by atoms with Crippen LogP contribution in [0.5, 0.6) is 5.75 Å². The number of nitrogen functional groups attached to an aromatic ring is 1. The summed E-state index contributed by atoms with van der Waals surface area (Å²) in [5.74, 6) is 1.25. The van der Waals surface area contributed by atoms with Gasteiger partial charge in [-0.15, -0.1) is 0 Å². The second-order valence-electron chi connectivity index (χ2n) is 10.0. The van der Waals surface area contributed by atoms with Crippen LogP contribution in [-0.4, -0.2) is 24.2 Å². The van der Waals surface area contributed by atoms with E-state index in [1.807, 2.05) is 39.0 Å². The Kier molecular flexibility index (Phi) is 7.24. The molecular formula is C23H38N2O3. The summed E-state index contributed by atoms with van der Waals surface area (Å²) in [6.07, 6.45) is 4.56. The first-order valence-electron chi connectivity index (χ1n) is 10.4. The fourth-order valence-electron chi connectivity index (χ4n) is 4.24. The van der Waals surface area contributed by atoms with Crippen molar-refractivity contribution in [1.29, 1.82) is 0 Å². The highest BCUT2D eigenvalue weighted by Crippen LogP contribution is 2.40. The molecule has 1 aliphatic carbocycles. The first-order chi connectivity index (χ1) is 12.9. The van der Waals surface area contributed by atoms with Crippen molar-refractivity contribution in [3.05, 3.63) is 18.2 Å². The van der Waals surface area contributed by atoms with Crippen LogP contribution in [0, 0.1) is 11.3 Å². The van der Waals surface area contributed by atoms with Crippen LogP contribution in [0.4, 0.5) is 11.4 Å².